The Labute approximate surface area is 120 Å². The monoisotopic (exact) mass is 325 g/mol. The quantitative estimate of drug-likeness (QED) is 0.850. The summed E-state index contributed by atoms with van der Waals surface area (Å²) in [5.41, 5.74) is 3.17. The van der Waals surface area contributed by atoms with Gasteiger partial charge in [0.25, 0.3) is 0 Å². The number of thiazole rings is 1. The first kappa shape index (κ1) is 13.5. The van der Waals surface area contributed by atoms with E-state index in [0.29, 0.717) is 0 Å². The molecule has 3 nitrogen and oxygen atoms in total. The molecule has 0 radical (unpaired) electrons. The highest BCUT2D eigenvalue weighted by Crippen LogP contribution is 2.28. The molecule has 0 saturated carbocycles. The Morgan fingerprint density at radius 1 is 1.17 bits per heavy atom. The van der Waals surface area contributed by atoms with Crippen molar-refractivity contribution in [2.75, 3.05) is 5.32 Å². The number of nitrogens with one attached hydrogen (secondary N) is 1. The van der Waals surface area contributed by atoms with Gasteiger partial charge in [-0.2, -0.15) is 0 Å². The van der Waals surface area contributed by atoms with E-state index in [4.69, 9.17) is 0 Å². The van der Waals surface area contributed by atoms with Crippen molar-refractivity contribution in [1.29, 1.82) is 0 Å². The van der Waals surface area contributed by atoms with Crippen LogP contribution in [0.25, 0.3) is 0 Å². The van der Waals surface area contributed by atoms with Gasteiger partial charge in [-0.15, -0.1) is 11.3 Å². The van der Waals surface area contributed by atoms with Crippen molar-refractivity contribution in [1.82, 2.24) is 9.97 Å². The molecule has 2 aromatic rings. The van der Waals surface area contributed by atoms with E-state index in [1.54, 1.807) is 11.3 Å². The first-order valence-corrected chi connectivity index (χ1v) is 7.42. The number of pyridine rings is 1. The smallest absolute Gasteiger partial charge is 0.106 e. The van der Waals surface area contributed by atoms with Crippen molar-refractivity contribution in [3.05, 3.63) is 38.0 Å². The molecule has 0 bridgehead atoms. The van der Waals surface area contributed by atoms with E-state index in [0.717, 1.165) is 26.7 Å². The van der Waals surface area contributed by atoms with Crippen LogP contribution in [0.3, 0.4) is 0 Å². The van der Waals surface area contributed by atoms with Crippen LogP contribution in [0.2, 0.25) is 0 Å². The number of aromatic nitrogens is 2. The predicted molar refractivity (Wildman–Crippen MR) is 80.3 cm³/mol. The van der Waals surface area contributed by atoms with Crippen LogP contribution in [0.5, 0.6) is 0 Å². The summed E-state index contributed by atoms with van der Waals surface area (Å²) >= 11 is 5.12. The van der Waals surface area contributed by atoms with E-state index >= 15 is 0 Å². The molecule has 1 unspecified atom stereocenters. The molecule has 5 heteroatoms. The summed E-state index contributed by atoms with van der Waals surface area (Å²) < 4.78 is 0.864. The van der Waals surface area contributed by atoms with E-state index in [9.17, 15) is 0 Å². The second-order valence-corrected chi connectivity index (χ2v) is 6.36. The highest BCUT2D eigenvalue weighted by molar-refractivity contribution is 9.10. The molecule has 0 aliphatic carbocycles. The topological polar surface area (TPSA) is 37.8 Å². The number of hydrogen-bond acceptors (Lipinski definition) is 4. The van der Waals surface area contributed by atoms with Gasteiger partial charge < -0.3 is 5.32 Å². The molecule has 18 heavy (non-hydrogen) atoms. The van der Waals surface area contributed by atoms with Gasteiger partial charge in [0.05, 0.1) is 28.1 Å². The third kappa shape index (κ3) is 2.90. The summed E-state index contributed by atoms with van der Waals surface area (Å²) in [5.74, 6) is 0. The van der Waals surface area contributed by atoms with Gasteiger partial charge in [-0.3, -0.25) is 0 Å². The Bertz CT molecular complexity index is 565. The average molecular weight is 326 g/mol. The number of hydrogen-bond donors (Lipinski definition) is 1. The molecule has 0 aromatic carbocycles. The number of halogens is 1. The number of rotatable bonds is 3. The van der Waals surface area contributed by atoms with Crippen LogP contribution >= 0.6 is 27.3 Å². The molecule has 2 rings (SSSR count). The van der Waals surface area contributed by atoms with Crippen LogP contribution < -0.4 is 5.32 Å². The summed E-state index contributed by atoms with van der Waals surface area (Å²) in [4.78, 5) is 10.1. The fourth-order valence-electron chi connectivity index (χ4n) is 1.93. The first-order chi connectivity index (χ1) is 8.47. The molecule has 0 fully saturated rings. The Morgan fingerprint density at radius 3 is 2.44 bits per heavy atom. The number of aryl methyl sites for hydroxylation is 3. The minimum Gasteiger partial charge on any atom is -0.376 e. The normalized spacial score (nSPS) is 12.5. The third-order valence-corrected chi connectivity index (χ3v) is 4.45. The predicted octanol–water partition coefficient (Wildman–Crippen LogP) is 4.40. The van der Waals surface area contributed by atoms with E-state index in [1.165, 1.54) is 4.88 Å². The minimum absolute atomic E-state index is 0.248. The van der Waals surface area contributed by atoms with Crippen molar-refractivity contribution in [2.45, 2.75) is 33.7 Å². The molecule has 1 N–H and O–H groups in total. The van der Waals surface area contributed by atoms with Gasteiger partial charge in [0.2, 0.25) is 0 Å². The van der Waals surface area contributed by atoms with Crippen LogP contribution in [-0.4, -0.2) is 9.97 Å². The summed E-state index contributed by atoms with van der Waals surface area (Å²) in [5, 5.41) is 4.61. The molecule has 0 spiro atoms. The van der Waals surface area contributed by atoms with Gasteiger partial charge in [0.15, 0.2) is 0 Å². The molecular weight excluding hydrogens is 310 g/mol. The molecule has 0 aliphatic rings. The lowest BCUT2D eigenvalue weighted by atomic mass is 10.2. The van der Waals surface area contributed by atoms with Gasteiger partial charge in [-0.25, -0.2) is 9.97 Å². The third-order valence-electron chi connectivity index (χ3n) is 2.76. The Hall–Kier alpha value is -0.940. The molecule has 0 amide bonds. The number of anilines is 1. The summed E-state index contributed by atoms with van der Waals surface area (Å²) in [7, 11) is 0. The second kappa shape index (κ2) is 5.36. The molecule has 2 aromatic heterocycles. The summed E-state index contributed by atoms with van der Waals surface area (Å²) in [6, 6.07) is 4.25. The lowest BCUT2D eigenvalue weighted by molar-refractivity contribution is 0.883. The zero-order chi connectivity index (χ0) is 13.3. The molecule has 0 aliphatic heterocycles. The molecule has 2 heterocycles. The van der Waals surface area contributed by atoms with E-state index in [1.807, 2.05) is 26.0 Å². The van der Waals surface area contributed by atoms with Crippen molar-refractivity contribution >= 4 is 33.0 Å². The highest BCUT2D eigenvalue weighted by atomic mass is 79.9. The Kier molecular flexibility index (Phi) is 4.02. The maximum absolute atomic E-state index is 4.47. The highest BCUT2D eigenvalue weighted by Gasteiger charge is 2.13. The van der Waals surface area contributed by atoms with Gasteiger partial charge in [0, 0.05) is 4.88 Å². The molecule has 1 atom stereocenters. The largest absolute Gasteiger partial charge is 0.376 e. The SMILES string of the molecule is Cc1nc(C)c(C(C)Nc2ccc(Br)nc2C)s1. The van der Waals surface area contributed by atoms with Crippen molar-refractivity contribution < 1.29 is 0 Å². The van der Waals surface area contributed by atoms with E-state index in [-0.39, 0.29) is 6.04 Å². The van der Waals surface area contributed by atoms with E-state index in [2.05, 4.69) is 45.1 Å². The summed E-state index contributed by atoms with van der Waals surface area (Å²) in [6.45, 7) is 8.26. The Balaban J connectivity index is 2.21. The van der Waals surface area contributed by atoms with Crippen LogP contribution in [0.15, 0.2) is 16.7 Å². The van der Waals surface area contributed by atoms with Gasteiger partial charge in [-0.05, 0) is 55.8 Å². The zero-order valence-corrected chi connectivity index (χ0v) is 13.3. The van der Waals surface area contributed by atoms with Gasteiger partial charge >= 0.3 is 0 Å². The summed E-state index contributed by atoms with van der Waals surface area (Å²) in [6.07, 6.45) is 0. The second-order valence-electron chi connectivity index (χ2n) is 4.32. The maximum atomic E-state index is 4.47. The first-order valence-electron chi connectivity index (χ1n) is 5.81. The van der Waals surface area contributed by atoms with Crippen molar-refractivity contribution in [2.24, 2.45) is 0 Å². The van der Waals surface area contributed by atoms with Crippen molar-refractivity contribution in [3.8, 4) is 0 Å². The van der Waals surface area contributed by atoms with Gasteiger partial charge in [0.1, 0.15) is 4.60 Å². The maximum Gasteiger partial charge on any atom is 0.106 e. The van der Waals surface area contributed by atoms with Crippen LogP contribution in [0.1, 0.15) is 34.2 Å². The van der Waals surface area contributed by atoms with Crippen molar-refractivity contribution in [3.63, 3.8) is 0 Å². The lowest BCUT2D eigenvalue weighted by Crippen LogP contribution is -2.08. The van der Waals surface area contributed by atoms with Gasteiger partial charge in [-0.1, -0.05) is 0 Å². The number of nitrogens with zero attached hydrogens (tertiary/aromatic N) is 2. The minimum atomic E-state index is 0.248. The standard InChI is InChI=1S/C13H16BrN3S/c1-7-11(5-6-12(14)17-7)16-9(3)13-8(2)15-10(4)18-13/h5-6,9,16H,1-4H3. The van der Waals surface area contributed by atoms with Crippen LogP contribution in [0.4, 0.5) is 5.69 Å². The lowest BCUT2D eigenvalue weighted by Gasteiger charge is -2.16. The molecule has 0 saturated heterocycles. The van der Waals surface area contributed by atoms with E-state index < -0.39 is 0 Å². The van der Waals surface area contributed by atoms with Crippen LogP contribution in [0, 0.1) is 20.8 Å². The van der Waals surface area contributed by atoms with Crippen LogP contribution in [-0.2, 0) is 0 Å². The zero-order valence-electron chi connectivity index (χ0n) is 10.9. The molecule has 96 valence electrons. The fourth-order valence-corrected chi connectivity index (χ4v) is 3.26. The fraction of sp³-hybridized carbons (Fsp3) is 0.385. The average Bonchev–Trinajstić information content (AvgIpc) is 2.62. The Morgan fingerprint density at radius 2 is 1.89 bits per heavy atom. The molecular formula is C13H16BrN3S.